The number of hydrogen-bond donors (Lipinski definition) is 1. The number of nitro groups is 1. The van der Waals surface area contributed by atoms with Crippen LogP contribution in [0.2, 0.25) is 0 Å². The van der Waals surface area contributed by atoms with Crippen molar-refractivity contribution >= 4 is 11.4 Å². The fourth-order valence-electron chi connectivity index (χ4n) is 2.14. The summed E-state index contributed by atoms with van der Waals surface area (Å²) in [4.78, 5) is 11.9. The minimum Gasteiger partial charge on any atom is -0.389 e. The third-order valence-corrected chi connectivity index (χ3v) is 3.23. The van der Waals surface area contributed by atoms with Gasteiger partial charge < -0.3 is 10.0 Å². The molecular weight excluding hydrogens is 291 g/mol. The number of aliphatic hydroxyl groups excluding tert-OH is 1. The lowest BCUT2D eigenvalue weighted by molar-refractivity contribution is -0.385. The van der Waals surface area contributed by atoms with Gasteiger partial charge in [0.15, 0.2) is 0 Å². The quantitative estimate of drug-likeness (QED) is 0.623. The largest absolute Gasteiger partial charge is 0.389 e. The SMILES string of the molecule is CCN(CC(O)Cn1cc([N+](=O)[O-])cn1)c1ccc(F)cc1. The molecule has 0 radical (unpaired) electrons. The molecule has 0 saturated carbocycles. The van der Waals surface area contributed by atoms with Gasteiger partial charge in [0, 0.05) is 18.8 Å². The van der Waals surface area contributed by atoms with Crippen molar-refractivity contribution in [2.45, 2.75) is 19.6 Å². The highest BCUT2D eigenvalue weighted by Crippen LogP contribution is 2.15. The third kappa shape index (κ3) is 4.01. The van der Waals surface area contributed by atoms with E-state index in [1.807, 2.05) is 11.8 Å². The van der Waals surface area contributed by atoms with E-state index in [2.05, 4.69) is 5.10 Å². The van der Waals surface area contributed by atoms with E-state index in [0.29, 0.717) is 13.1 Å². The average molecular weight is 308 g/mol. The molecule has 1 atom stereocenters. The van der Waals surface area contributed by atoms with E-state index in [0.717, 1.165) is 11.9 Å². The summed E-state index contributed by atoms with van der Waals surface area (Å²) in [5, 5.41) is 24.6. The summed E-state index contributed by atoms with van der Waals surface area (Å²) < 4.78 is 14.3. The Kier molecular flexibility index (Phi) is 5.05. The van der Waals surface area contributed by atoms with Gasteiger partial charge in [-0.05, 0) is 31.2 Å². The van der Waals surface area contributed by atoms with E-state index in [9.17, 15) is 19.6 Å². The van der Waals surface area contributed by atoms with Crippen LogP contribution in [0.3, 0.4) is 0 Å². The molecule has 2 aromatic rings. The van der Waals surface area contributed by atoms with E-state index in [-0.39, 0.29) is 18.0 Å². The number of aliphatic hydroxyl groups is 1. The Morgan fingerprint density at radius 3 is 2.68 bits per heavy atom. The van der Waals surface area contributed by atoms with Crippen LogP contribution in [0.5, 0.6) is 0 Å². The number of anilines is 1. The van der Waals surface area contributed by atoms with Gasteiger partial charge in [-0.25, -0.2) is 4.39 Å². The Morgan fingerprint density at radius 1 is 1.45 bits per heavy atom. The molecule has 0 saturated heterocycles. The summed E-state index contributed by atoms with van der Waals surface area (Å²) in [5.41, 5.74) is 0.687. The van der Waals surface area contributed by atoms with Crippen molar-refractivity contribution in [1.29, 1.82) is 0 Å². The topological polar surface area (TPSA) is 84.4 Å². The van der Waals surface area contributed by atoms with Gasteiger partial charge in [-0.3, -0.25) is 14.8 Å². The first-order chi connectivity index (χ1) is 10.5. The first kappa shape index (κ1) is 15.9. The van der Waals surface area contributed by atoms with E-state index in [1.54, 1.807) is 12.1 Å². The second-order valence-electron chi connectivity index (χ2n) is 4.85. The molecule has 22 heavy (non-hydrogen) atoms. The molecule has 1 aromatic heterocycles. The summed E-state index contributed by atoms with van der Waals surface area (Å²) in [5.74, 6) is -0.316. The zero-order chi connectivity index (χ0) is 16.1. The van der Waals surface area contributed by atoms with Crippen molar-refractivity contribution in [3.8, 4) is 0 Å². The van der Waals surface area contributed by atoms with E-state index >= 15 is 0 Å². The Hall–Kier alpha value is -2.48. The van der Waals surface area contributed by atoms with Gasteiger partial charge in [0.1, 0.15) is 18.2 Å². The maximum Gasteiger partial charge on any atom is 0.306 e. The van der Waals surface area contributed by atoms with Crippen molar-refractivity contribution in [1.82, 2.24) is 9.78 Å². The van der Waals surface area contributed by atoms with Crippen LogP contribution in [0.4, 0.5) is 15.8 Å². The zero-order valence-corrected chi connectivity index (χ0v) is 12.1. The average Bonchev–Trinajstić information content (AvgIpc) is 2.94. The maximum atomic E-state index is 12.9. The summed E-state index contributed by atoms with van der Waals surface area (Å²) >= 11 is 0. The Balaban J connectivity index is 1.97. The standard InChI is InChI=1S/C14H17FN4O3/c1-2-17(12-5-3-11(15)4-6-12)9-14(20)10-18-8-13(7-16-18)19(21)22/h3-8,14,20H,2,9-10H2,1H3. The van der Waals surface area contributed by atoms with Crippen molar-refractivity contribution in [3.05, 3.63) is 52.6 Å². The first-order valence-corrected chi connectivity index (χ1v) is 6.85. The minimum absolute atomic E-state index is 0.113. The molecule has 1 heterocycles. The number of likely N-dealkylation sites (N-methyl/N-ethyl adjacent to an activating group) is 1. The van der Waals surface area contributed by atoms with Crippen LogP contribution in [0.15, 0.2) is 36.7 Å². The summed E-state index contributed by atoms with van der Waals surface area (Å²) in [7, 11) is 0. The predicted molar refractivity (Wildman–Crippen MR) is 79.2 cm³/mol. The highest BCUT2D eigenvalue weighted by Gasteiger charge is 2.15. The molecule has 0 aliphatic rings. The highest BCUT2D eigenvalue weighted by molar-refractivity contribution is 5.46. The van der Waals surface area contributed by atoms with Crippen LogP contribution in [0.1, 0.15) is 6.92 Å². The lowest BCUT2D eigenvalue weighted by Gasteiger charge is -2.25. The maximum absolute atomic E-state index is 12.9. The lowest BCUT2D eigenvalue weighted by atomic mass is 10.2. The lowest BCUT2D eigenvalue weighted by Crippen LogP contribution is -2.34. The van der Waals surface area contributed by atoms with Crippen LogP contribution in [0.25, 0.3) is 0 Å². The highest BCUT2D eigenvalue weighted by atomic mass is 19.1. The summed E-state index contributed by atoms with van der Waals surface area (Å²) in [6.45, 7) is 3.03. The fourth-order valence-corrected chi connectivity index (χ4v) is 2.14. The van der Waals surface area contributed by atoms with Crippen molar-refractivity contribution < 1.29 is 14.4 Å². The number of nitrogens with zero attached hydrogens (tertiary/aromatic N) is 4. The normalized spacial score (nSPS) is 12.1. The number of benzene rings is 1. The molecular formula is C14H17FN4O3. The predicted octanol–water partition coefficient (Wildman–Crippen LogP) is 1.82. The Labute approximate surface area is 126 Å². The van der Waals surface area contributed by atoms with Crippen LogP contribution >= 0.6 is 0 Å². The molecule has 7 nitrogen and oxygen atoms in total. The Morgan fingerprint density at radius 2 is 2.14 bits per heavy atom. The molecule has 0 fully saturated rings. The van der Waals surface area contributed by atoms with Crippen LogP contribution in [0, 0.1) is 15.9 Å². The molecule has 1 aromatic carbocycles. The number of halogens is 1. The molecule has 0 spiro atoms. The molecule has 0 bridgehead atoms. The molecule has 118 valence electrons. The van der Waals surface area contributed by atoms with E-state index < -0.39 is 11.0 Å². The van der Waals surface area contributed by atoms with Gasteiger partial charge in [-0.15, -0.1) is 0 Å². The van der Waals surface area contributed by atoms with Crippen LogP contribution in [-0.4, -0.2) is 39.0 Å². The first-order valence-electron chi connectivity index (χ1n) is 6.85. The molecule has 8 heteroatoms. The monoisotopic (exact) mass is 308 g/mol. The van der Waals surface area contributed by atoms with Crippen LogP contribution < -0.4 is 4.90 Å². The van der Waals surface area contributed by atoms with Gasteiger partial charge in [0.2, 0.25) is 0 Å². The van der Waals surface area contributed by atoms with Gasteiger partial charge in [-0.1, -0.05) is 0 Å². The number of rotatable bonds is 7. The van der Waals surface area contributed by atoms with Crippen LogP contribution in [-0.2, 0) is 6.54 Å². The van der Waals surface area contributed by atoms with Gasteiger partial charge in [0.05, 0.1) is 17.6 Å². The molecule has 0 aliphatic heterocycles. The summed E-state index contributed by atoms with van der Waals surface area (Å²) in [6, 6.07) is 6.01. The third-order valence-electron chi connectivity index (χ3n) is 3.23. The van der Waals surface area contributed by atoms with E-state index in [1.165, 1.54) is 23.0 Å². The minimum atomic E-state index is -0.760. The van der Waals surface area contributed by atoms with Crippen molar-refractivity contribution in [2.24, 2.45) is 0 Å². The summed E-state index contributed by atoms with van der Waals surface area (Å²) in [6.07, 6.45) is 1.66. The number of hydrogen-bond acceptors (Lipinski definition) is 5. The molecule has 1 unspecified atom stereocenters. The molecule has 2 rings (SSSR count). The Bertz CT molecular complexity index is 629. The van der Waals surface area contributed by atoms with Crippen molar-refractivity contribution in [2.75, 3.05) is 18.0 Å². The van der Waals surface area contributed by atoms with Gasteiger partial charge in [-0.2, -0.15) is 5.10 Å². The fraction of sp³-hybridized carbons (Fsp3) is 0.357. The van der Waals surface area contributed by atoms with E-state index in [4.69, 9.17) is 0 Å². The molecule has 1 N–H and O–H groups in total. The molecule has 0 amide bonds. The van der Waals surface area contributed by atoms with Gasteiger partial charge in [0.25, 0.3) is 0 Å². The second-order valence-corrected chi connectivity index (χ2v) is 4.85. The second kappa shape index (κ2) is 6.99. The smallest absolute Gasteiger partial charge is 0.306 e. The number of aromatic nitrogens is 2. The zero-order valence-electron chi connectivity index (χ0n) is 12.1. The molecule has 0 aliphatic carbocycles. The van der Waals surface area contributed by atoms with Crippen molar-refractivity contribution in [3.63, 3.8) is 0 Å². The van der Waals surface area contributed by atoms with Gasteiger partial charge >= 0.3 is 5.69 Å².